The number of aromatic carboxylic acids is 1. The molecule has 2 aromatic carbocycles. The molecule has 0 atom stereocenters. The summed E-state index contributed by atoms with van der Waals surface area (Å²) in [6.45, 7) is 4.95. The molecule has 2 aromatic rings. The summed E-state index contributed by atoms with van der Waals surface area (Å²) in [6.07, 6.45) is 0.877. The average Bonchev–Trinajstić information content (AvgIpc) is 2.52. The van der Waals surface area contributed by atoms with Crippen molar-refractivity contribution in [1.82, 2.24) is 0 Å². The fraction of sp³-hybridized carbons (Fsp3) is 0.278. The molecular formula is C18H19Cl2NO3. The summed E-state index contributed by atoms with van der Waals surface area (Å²) < 4.78 is 5.55. The van der Waals surface area contributed by atoms with Gasteiger partial charge >= 0.3 is 5.97 Å². The number of carboxylic acid groups (broad SMARTS) is 1. The third-order valence-corrected chi connectivity index (χ3v) is 4.03. The van der Waals surface area contributed by atoms with Gasteiger partial charge in [-0.25, -0.2) is 4.79 Å². The Morgan fingerprint density at radius 2 is 1.88 bits per heavy atom. The van der Waals surface area contributed by atoms with Gasteiger partial charge in [-0.15, -0.1) is 0 Å². The summed E-state index contributed by atoms with van der Waals surface area (Å²) in [5.41, 5.74) is 2.89. The Morgan fingerprint density at radius 1 is 1.21 bits per heavy atom. The molecule has 24 heavy (non-hydrogen) atoms. The molecule has 2 N–H and O–H groups in total. The zero-order valence-corrected chi connectivity index (χ0v) is 15.0. The van der Waals surface area contributed by atoms with Gasteiger partial charge in [0.2, 0.25) is 0 Å². The van der Waals surface area contributed by atoms with Crippen LogP contribution in [-0.4, -0.2) is 17.7 Å². The van der Waals surface area contributed by atoms with Crippen molar-refractivity contribution >= 4 is 34.9 Å². The molecule has 4 nitrogen and oxygen atoms in total. The number of nitrogens with one attached hydrogen (secondary N) is 1. The molecule has 0 saturated heterocycles. The number of carbonyl (C=O) groups is 1. The number of hydrogen-bond donors (Lipinski definition) is 2. The highest BCUT2D eigenvalue weighted by molar-refractivity contribution is 6.37. The number of aryl methyl sites for hydroxylation is 1. The van der Waals surface area contributed by atoms with Gasteiger partial charge in [0.05, 0.1) is 22.2 Å². The van der Waals surface area contributed by atoms with Crippen molar-refractivity contribution in [3.8, 4) is 5.75 Å². The van der Waals surface area contributed by atoms with Gasteiger partial charge in [0.15, 0.2) is 5.75 Å². The van der Waals surface area contributed by atoms with Crippen LogP contribution < -0.4 is 10.1 Å². The minimum absolute atomic E-state index is 0.265. The topological polar surface area (TPSA) is 58.6 Å². The number of hydrogen-bond acceptors (Lipinski definition) is 3. The molecule has 0 aromatic heterocycles. The number of rotatable bonds is 7. The van der Waals surface area contributed by atoms with E-state index in [0.29, 0.717) is 28.9 Å². The van der Waals surface area contributed by atoms with Crippen molar-refractivity contribution in [2.45, 2.75) is 26.8 Å². The minimum Gasteiger partial charge on any atom is -0.490 e. The Labute approximate surface area is 151 Å². The van der Waals surface area contributed by atoms with E-state index in [1.165, 1.54) is 0 Å². The van der Waals surface area contributed by atoms with Crippen molar-refractivity contribution in [1.29, 1.82) is 0 Å². The summed E-state index contributed by atoms with van der Waals surface area (Å²) in [5.74, 6) is -0.434. The molecule has 0 bridgehead atoms. The standard InChI is InChI=1S/C18H19Cl2NO3/c1-3-6-24-17-14(19)8-12(9-15(17)20)10-21-16-5-4-13(18(22)23)7-11(16)2/h4-5,7-9,21H,3,6,10H2,1-2H3,(H,22,23). The van der Waals surface area contributed by atoms with Crippen molar-refractivity contribution < 1.29 is 14.6 Å². The normalized spacial score (nSPS) is 10.5. The van der Waals surface area contributed by atoms with Crippen molar-refractivity contribution in [2.75, 3.05) is 11.9 Å². The van der Waals surface area contributed by atoms with Crippen LogP contribution in [0.3, 0.4) is 0 Å². The first kappa shape index (κ1) is 18.4. The summed E-state index contributed by atoms with van der Waals surface area (Å²) in [6, 6.07) is 8.57. The second-order valence-electron chi connectivity index (χ2n) is 5.43. The largest absolute Gasteiger partial charge is 0.490 e. The molecule has 0 spiro atoms. The van der Waals surface area contributed by atoms with E-state index in [-0.39, 0.29) is 5.56 Å². The van der Waals surface area contributed by atoms with Crippen LogP contribution in [0.5, 0.6) is 5.75 Å². The van der Waals surface area contributed by atoms with Gasteiger partial charge in [-0.3, -0.25) is 0 Å². The molecule has 0 heterocycles. The Bertz CT molecular complexity index is 724. The third kappa shape index (κ3) is 4.56. The first-order valence-electron chi connectivity index (χ1n) is 7.61. The van der Waals surface area contributed by atoms with E-state index in [0.717, 1.165) is 23.2 Å². The van der Waals surface area contributed by atoms with E-state index in [1.54, 1.807) is 18.2 Å². The second-order valence-corrected chi connectivity index (χ2v) is 6.24. The SMILES string of the molecule is CCCOc1c(Cl)cc(CNc2ccc(C(=O)O)cc2C)cc1Cl. The summed E-state index contributed by atoms with van der Waals surface area (Å²) >= 11 is 12.5. The summed E-state index contributed by atoms with van der Waals surface area (Å²) in [5, 5.41) is 13.2. The zero-order chi connectivity index (χ0) is 17.7. The number of benzene rings is 2. The Balaban J connectivity index is 2.11. The van der Waals surface area contributed by atoms with Gasteiger partial charge in [0, 0.05) is 12.2 Å². The van der Waals surface area contributed by atoms with Crippen LogP contribution in [-0.2, 0) is 6.54 Å². The predicted molar refractivity (Wildman–Crippen MR) is 97.7 cm³/mol. The van der Waals surface area contributed by atoms with Crippen LogP contribution in [0.25, 0.3) is 0 Å². The quantitative estimate of drug-likeness (QED) is 0.687. The Kier molecular flexibility index (Phi) is 6.35. The first-order chi connectivity index (χ1) is 11.4. The smallest absolute Gasteiger partial charge is 0.335 e. The molecule has 0 fully saturated rings. The monoisotopic (exact) mass is 367 g/mol. The van der Waals surface area contributed by atoms with E-state index in [2.05, 4.69) is 5.32 Å². The van der Waals surface area contributed by atoms with Gasteiger partial charge in [0.1, 0.15) is 0 Å². The van der Waals surface area contributed by atoms with Crippen LogP contribution in [0.2, 0.25) is 10.0 Å². The third-order valence-electron chi connectivity index (χ3n) is 3.46. The highest BCUT2D eigenvalue weighted by Crippen LogP contribution is 2.34. The lowest BCUT2D eigenvalue weighted by molar-refractivity contribution is 0.0697. The van der Waals surface area contributed by atoms with Gasteiger partial charge in [-0.05, 0) is 54.8 Å². The van der Waals surface area contributed by atoms with Crippen LogP contribution in [0.1, 0.15) is 34.8 Å². The maximum atomic E-state index is 11.0. The van der Waals surface area contributed by atoms with E-state index in [4.69, 9.17) is 33.0 Å². The predicted octanol–water partition coefficient (Wildman–Crippen LogP) is 5.40. The summed E-state index contributed by atoms with van der Waals surface area (Å²) in [4.78, 5) is 11.0. The van der Waals surface area contributed by atoms with Gasteiger partial charge in [-0.1, -0.05) is 30.1 Å². The van der Waals surface area contributed by atoms with E-state index < -0.39 is 5.97 Å². The minimum atomic E-state index is -0.939. The molecule has 0 aliphatic heterocycles. The molecule has 128 valence electrons. The fourth-order valence-electron chi connectivity index (χ4n) is 2.25. The second kappa shape index (κ2) is 8.27. The lowest BCUT2D eigenvalue weighted by Gasteiger charge is -2.13. The fourth-order valence-corrected chi connectivity index (χ4v) is 2.89. The molecule has 2 rings (SSSR count). The van der Waals surface area contributed by atoms with Crippen LogP contribution >= 0.6 is 23.2 Å². The molecule has 0 unspecified atom stereocenters. The van der Waals surface area contributed by atoms with Crippen molar-refractivity contribution in [2.24, 2.45) is 0 Å². The molecule has 6 heteroatoms. The maximum Gasteiger partial charge on any atom is 0.335 e. The van der Waals surface area contributed by atoms with Crippen molar-refractivity contribution in [3.05, 3.63) is 57.1 Å². The zero-order valence-electron chi connectivity index (χ0n) is 13.5. The van der Waals surface area contributed by atoms with Crippen LogP contribution in [0, 0.1) is 6.92 Å². The molecule has 0 amide bonds. The van der Waals surface area contributed by atoms with Crippen LogP contribution in [0.4, 0.5) is 5.69 Å². The number of carboxylic acids is 1. The highest BCUT2D eigenvalue weighted by Gasteiger charge is 2.10. The number of halogens is 2. The molecule has 0 aliphatic carbocycles. The highest BCUT2D eigenvalue weighted by atomic mass is 35.5. The van der Waals surface area contributed by atoms with E-state index in [1.807, 2.05) is 26.0 Å². The van der Waals surface area contributed by atoms with Gasteiger partial charge in [0.25, 0.3) is 0 Å². The van der Waals surface area contributed by atoms with E-state index in [9.17, 15) is 4.79 Å². The van der Waals surface area contributed by atoms with Gasteiger partial charge < -0.3 is 15.2 Å². The number of ether oxygens (including phenoxy) is 1. The molecule has 0 aliphatic rings. The Hall–Kier alpha value is -1.91. The lowest BCUT2D eigenvalue weighted by Crippen LogP contribution is -2.04. The van der Waals surface area contributed by atoms with Crippen molar-refractivity contribution in [3.63, 3.8) is 0 Å². The maximum absolute atomic E-state index is 11.0. The molecule has 0 saturated carbocycles. The first-order valence-corrected chi connectivity index (χ1v) is 8.36. The molecule has 0 radical (unpaired) electrons. The molecular weight excluding hydrogens is 349 g/mol. The summed E-state index contributed by atoms with van der Waals surface area (Å²) in [7, 11) is 0. The Morgan fingerprint density at radius 3 is 2.42 bits per heavy atom. The van der Waals surface area contributed by atoms with Crippen LogP contribution in [0.15, 0.2) is 30.3 Å². The lowest BCUT2D eigenvalue weighted by atomic mass is 10.1. The van der Waals surface area contributed by atoms with Gasteiger partial charge in [-0.2, -0.15) is 0 Å². The number of anilines is 1. The average molecular weight is 368 g/mol. The van der Waals surface area contributed by atoms with E-state index >= 15 is 0 Å².